The monoisotopic (exact) mass is 233 g/mol. The Balaban J connectivity index is 0.00000112. The van der Waals surface area contributed by atoms with E-state index in [1.54, 1.807) is 0 Å². The summed E-state index contributed by atoms with van der Waals surface area (Å²) < 4.78 is 0. The molecule has 1 unspecified atom stereocenters. The fourth-order valence-corrected chi connectivity index (χ4v) is 2.18. The lowest BCUT2D eigenvalue weighted by molar-refractivity contribution is -0.124. The van der Waals surface area contributed by atoms with Crippen molar-refractivity contribution in [3.05, 3.63) is 0 Å². The van der Waals surface area contributed by atoms with Gasteiger partial charge in [-0.2, -0.15) is 0 Å². The van der Waals surface area contributed by atoms with Crippen molar-refractivity contribution in [1.82, 2.24) is 16.0 Å². The molecular weight excluding hydrogens is 214 g/mol. The highest BCUT2D eigenvalue weighted by Crippen LogP contribution is 2.08. The molecule has 0 aliphatic carbocycles. The first kappa shape index (κ1) is 12.7. The van der Waals surface area contributed by atoms with Gasteiger partial charge < -0.3 is 16.0 Å². The van der Waals surface area contributed by atoms with Crippen LogP contribution in [-0.4, -0.2) is 38.1 Å². The summed E-state index contributed by atoms with van der Waals surface area (Å²) in [7, 11) is 0. The molecule has 0 saturated carbocycles. The van der Waals surface area contributed by atoms with Gasteiger partial charge in [-0.25, -0.2) is 0 Å². The average Bonchev–Trinajstić information content (AvgIpc) is 2.87. The molecule has 2 aliphatic heterocycles. The fraction of sp³-hybridized carbons (Fsp3) is 0.900. The van der Waals surface area contributed by atoms with E-state index in [-0.39, 0.29) is 24.2 Å². The van der Waals surface area contributed by atoms with Crippen LogP contribution in [0, 0.1) is 5.92 Å². The van der Waals surface area contributed by atoms with Gasteiger partial charge in [-0.05, 0) is 32.4 Å². The van der Waals surface area contributed by atoms with E-state index in [1.807, 2.05) is 0 Å². The third-order valence-electron chi connectivity index (χ3n) is 3.12. The minimum atomic E-state index is 0. The third kappa shape index (κ3) is 3.63. The molecule has 2 rings (SSSR count). The molecule has 0 aromatic heterocycles. The van der Waals surface area contributed by atoms with Crippen LogP contribution in [0.5, 0.6) is 0 Å². The van der Waals surface area contributed by atoms with Crippen molar-refractivity contribution in [2.45, 2.75) is 25.3 Å². The van der Waals surface area contributed by atoms with Gasteiger partial charge in [0.25, 0.3) is 0 Å². The quantitative estimate of drug-likeness (QED) is 0.638. The highest BCUT2D eigenvalue weighted by atomic mass is 35.5. The van der Waals surface area contributed by atoms with Gasteiger partial charge in [-0.15, -0.1) is 12.4 Å². The van der Waals surface area contributed by atoms with Gasteiger partial charge >= 0.3 is 0 Å². The van der Waals surface area contributed by atoms with E-state index in [0.29, 0.717) is 6.04 Å². The van der Waals surface area contributed by atoms with Crippen LogP contribution in [0.1, 0.15) is 19.3 Å². The van der Waals surface area contributed by atoms with Crippen molar-refractivity contribution in [2.24, 2.45) is 5.92 Å². The van der Waals surface area contributed by atoms with Crippen LogP contribution in [0.3, 0.4) is 0 Å². The van der Waals surface area contributed by atoms with Gasteiger partial charge in [0.1, 0.15) is 0 Å². The summed E-state index contributed by atoms with van der Waals surface area (Å²) in [5.41, 5.74) is 0. The number of halogens is 1. The van der Waals surface area contributed by atoms with Crippen LogP contribution in [0.4, 0.5) is 0 Å². The minimum Gasteiger partial charge on any atom is -0.354 e. The Labute approximate surface area is 97.0 Å². The minimum absolute atomic E-state index is 0. The predicted molar refractivity (Wildman–Crippen MR) is 62.3 cm³/mol. The lowest BCUT2D eigenvalue weighted by atomic mass is 10.1. The van der Waals surface area contributed by atoms with Crippen LogP contribution in [0.25, 0.3) is 0 Å². The maximum Gasteiger partial charge on any atom is 0.224 e. The highest BCUT2D eigenvalue weighted by Gasteiger charge is 2.23. The Kier molecular flexibility index (Phi) is 5.36. The van der Waals surface area contributed by atoms with Crippen LogP contribution >= 0.6 is 12.4 Å². The average molecular weight is 234 g/mol. The van der Waals surface area contributed by atoms with Gasteiger partial charge in [0, 0.05) is 19.1 Å². The first-order valence-electron chi connectivity index (χ1n) is 5.58. The highest BCUT2D eigenvalue weighted by molar-refractivity contribution is 5.85. The molecule has 2 aliphatic rings. The van der Waals surface area contributed by atoms with Crippen LogP contribution in [0.2, 0.25) is 0 Å². The van der Waals surface area contributed by atoms with Gasteiger partial charge in [-0.1, -0.05) is 0 Å². The van der Waals surface area contributed by atoms with Gasteiger partial charge in [0.15, 0.2) is 0 Å². The topological polar surface area (TPSA) is 53.2 Å². The molecule has 0 aromatic rings. The Morgan fingerprint density at radius 3 is 2.80 bits per heavy atom. The largest absolute Gasteiger partial charge is 0.354 e. The number of carbonyl (C=O) groups is 1. The van der Waals surface area contributed by atoms with Crippen molar-refractivity contribution in [2.75, 3.05) is 26.2 Å². The van der Waals surface area contributed by atoms with Crippen LogP contribution < -0.4 is 16.0 Å². The van der Waals surface area contributed by atoms with Crippen molar-refractivity contribution < 1.29 is 4.79 Å². The summed E-state index contributed by atoms with van der Waals surface area (Å²) in [6.45, 7) is 3.74. The van der Waals surface area contributed by atoms with E-state index in [2.05, 4.69) is 16.0 Å². The fourth-order valence-electron chi connectivity index (χ4n) is 2.18. The summed E-state index contributed by atoms with van der Waals surface area (Å²) >= 11 is 0. The van der Waals surface area contributed by atoms with Gasteiger partial charge in [0.2, 0.25) is 5.91 Å². The summed E-state index contributed by atoms with van der Waals surface area (Å²) in [6.07, 6.45) is 3.43. The Bertz CT molecular complexity index is 201. The number of hydrogen-bond donors (Lipinski definition) is 3. The number of carbonyl (C=O) groups excluding carboxylic acids is 1. The second kappa shape index (κ2) is 6.30. The molecule has 5 heteroatoms. The maximum absolute atomic E-state index is 11.6. The maximum atomic E-state index is 11.6. The van der Waals surface area contributed by atoms with Crippen molar-refractivity contribution in [1.29, 1.82) is 0 Å². The number of hydrogen-bond acceptors (Lipinski definition) is 3. The lowest BCUT2D eigenvalue weighted by Gasteiger charge is -2.13. The van der Waals surface area contributed by atoms with E-state index >= 15 is 0 Å². The summed E-state index contributed by atoms with van der Waals surface area (Å²) in [6, 6.07) is 0.508. The van der Waals surface area contributed by atoms with Crippen molar-refractivity contribution >= 4 is 18.3 Å². The van der Waals surface area contributed by atoms with E-state index < -0.39 is 0 Å². The normalized spacial score (nSPS) is 29.9. The molecular formula is C10H20ClN3O. The van der Waals surface area contributed by atoms with Crippen molar-refractivity contribution in [3.8, 4) is 0 Å². The molecule has 15 heavy (non-hydrogen) atoms. The van der Waals surface area contributed by atoms with Gasteiger partial charge in [-0.3, -0.25) is 4.79 Å². The zero-order valence-electron chi connectivity index (χ0n) is 8.92. The molecule has 2 fully saturated rings. The van der Waals surface area contributed by atoms with Gasteiger partial charge in [0.05, 0.1) is 5.92 Å². The Morgan fingerprint density at radius 1 is 1.33 bits per heavy atom. The SMILES string of the molecule is Cl.O=C(NCC1CCCN1)[C@H]1CCNC1. The molecule has 2 heterocycles. The number of rotatable bonds is 3. The lowest BCUT2D eigenvalue weighted by Crippen LogP contribution is -2.40. The molecule has 0 bridgehead atoms. The number of nitrogens with one attached hydrogen (secondary N) is 3. The molecule has 1 amide bonds. The van der Waals surface area contributed by atoms with E-state index in [1.165, 1.54) is 12.8 Å². The second-order valence-corrected chi connectivity index (χ2v) is 4.23. The first-order chi connectivity index (χ1) is 6.86. The molecule has 4 nitrogen and oxygen atoms in total. The summed E-state index contributed by atoms with van der Waals surface area (Å²) in [4.78, 5) is 11.6. The van der Waals surface area contributed by atoms with E-state index in [9.17, 15) is 4.79 Å². The molecule has 3 N–H and O–H groups in total. The second-order valence-electron chi connectivity index (χ2n) is 4.23. The predicted octanol–water partition coefficient (Wildman–Crippen LogP) is -0.114. The third-order valence-corrected chi connectivity index (χ3v) is 3.12. The van der Waals surface area contributed by atoms with E-state index in [4.69, 9.17) is 0 Å². The smallest absolute Gasteiger partial charge is 0.224 e. The van der Waals surface area contributed by atoms with Crippen molar-refractivity contribution in [3.63, 3.8) is 0 Å². The van der Waals surface area contributed by atoms with E-state index in [0.717, 1.165) is 32.6 Å². The number of amides is 1. The summed E-state index contributed by atoms with van der Waals surface area (Å²) in [5, 5.41) is 9.60. The first-order valence-corrected chi connectivity index (χ1v) is 5.58. The Hall–Kier alpha value is -0.320. The molecule has 0 spiro atoms. The molecule has 88 valence electrons. The summed E-state index contributed by atoms with van der Waals surface area (Å²) in [5.74, 6) is 0.431. The molecule has 0 radical (unpaired) electrons. The molecule has 0 aromatic carbocycles. The molecule has 2 saturated heterocycles. The Morgan fingerprint density at radius 2 is 2.20 bits per heavy atom. The zero-order valence-corrected chi connectivity index (χ0v) is 9.74. The van der Waals surface area contributed by atoms with Crippen LogP contribution in [-0.2, 0) is 4.79 Å². The zero-order chi connectivity index (χ0) is 9.80. The standard InChI is InChI=1S/C10H19N3O.ClH/c14-10(8-3-5-11-6-8)13-7-9-2-1-4-12-9;/h8-9,11-12H,1-7H2,(H,13,14);1H/t8-,9?;/m0./s1. The molecule has 2 atom stereocenters. The van der Waals surface area contributed by atoms with Crippen LogP contribution in [0.15, 0.2) is 0 Å².